The third-order valence-electron chi connectivity index (χ3n) is 2.96. The fraction of sp³-hybridized carbons (Fsp3) is 0.545. The predicted molar refractivity (Wildman–Crippen MR) is 62.4 cm³/mol. The number of hydrogen-bond donors (Lipinski definition) is 1. The fourth-order valence-corrected chi connectivity index (χ4v) is 1.99. The summed E-state index contributed by atoms with van der Waals surface area (Å²) in [7, 11) is 0. The van der Waals surface area contributed by atoms with Gasteiger partial charge in [-0.1, -0.05) is 6.42 Å². The molecular formula is C11H15BrN2. The summed E-state index contributed by atoms with van der Waals surface area (Å²) in [6.45, 7) is 2.24. The molecular weight excluding hydrogens is 240 g/mol. The van der Waals surface area contributed by atoms with E-state index in [-0.39, 0.29) is 0 Å². The zero-order valence-electron chi connectivity index (χ0n) is 8.33. The Morgan fingerprint density at radius 3 is 2.79 bits per heavy atom. The maximum atomic E-state index is 4.30. The van der Waals surface area contributed by atoms with E-state index in [0.29, 0.717) is 6.04 Å². The number of rotatable bonds is 3. The summed E-state index contributed by atoms with van der Waals surface area (Å²) in [6.07, 6.45) is 5.95. The average molecular weight is 255 g/mol. The lowest BCUT2D eigenvalue weighted by Gasteiger charge is -2.32. The van der Waals surface area contributed by atoms with Gasteiger partial charge in [0.1, 0.15) is 5.82 Å². The van der Waals surface area contributed by atoms with Gasteiger partial charge >= 0.3 is 0 Å². The van der Waals surface area contributed by atoms with E-state index in [4.69, 9.17) is 0 Å². The summed E-state index contributed by atoms with van der Waals surface area (Å²) in [4.78, 5) is 4.30. The van der Waals surface area contributed by atoms with Gasteiger partial charge in [0.25, 0.3) is 0 Å². The minimum Gasteiger partial charge on any atom is -0.367 e. The SMILES string of the molecule is C[C@H](Nc1ccc(Br)cn1)C1CCC1. The lowest BCUT2D eigenvalue weighted by atomic mass is 9.80. The standard InChI is InChI=1S/C11H15BrN2/c1-8(9-3-2-4-9)14-11-6-5-10(12)7-13-11/h5-9H,2-4H2,1H3,(H,13,14)/t8-/m0/s1. The van der Waals surface area contributed by atoms with Crippen molar-refractivity contribution in [1.82, 2.24) is 4.98 Å². The van der Waals surface area contributed by atoms with Gasteiger partial charge in [-0.25, -0.2) is 4.98 Å². The van der Waals surface area contributed by atoms with E-state index in [2.05, 4.69) is 33.2 Å². The summed E-state index contributed by atoms with van der Waals surface area (Å²) in [6, 6.07) is 4.58. The number of nitrogens with zero attached hydrogens (tertiary/aromatic N) is 1. The highest BCUT2D eigenvalue weighted by Gasteiger charge is 2.23. The minimum absolute atomic E-state index is 0.553. The number of hydrogen-bond acceptors (Lipinski definition) is 2. The highest BCUT2D eigenvalue weighted by atomic mass is 79.9. The second-order valence-electron chi connectivity index (χ2n) is 3.99. The smallest absolute Gasteiger partial charge is 0.126 e. The first kappa shape index (κ1) is 9.97. The summed E-state index contributed by atoms with van der Waals surface area (Å²) in [5, 5.41) is 3.44. The van der Waals surface area contributed by atoms with Crippen LogP contribution in [0.15, 0.2) is 22.8 Å². The van der Waals surface area contributed by atoms with E-state index in [9.17, 15) is 0 Å². The molecule has 0 spiro atoms. The fourth-order valence-electron chi connectivity index (χ4n) is 1.75. The van der Waals surface area contributed by atoms with Crippen molar-refractivity contribution in [1.29, 1.82) is 0 Å². The first-order valence-corrected chi connectivity index (χ1v) is 5.93. The predicted octanol–water partition coefficient (Wildman–Crippen LogP) is 3.44. The molecule has 0 saturated heterocycles. The zero-order chi connectivity index (χ0) is 9.97. The number of nitrogens with one attached hydrogen (secondary N) is 1. The Bertz CT molecular complexity index is 293. The van der Waals surface area contributed by atoms with Crippen molar-refractivity contribution in [2.45, 2.75) is 32.2 Å². The van der Waals surface area contributed by atoms with Crippen LogP contribution in [0.1, 0.15) is 26.2 Å². The van der Waals surface area contributed by atoms with Gasteiger partial charge in [-0.3, -0.25) is 0 Å². The molecule has 1 aromatic rings. The van der Waals surface area contributed by atoms with Crippen molar-refractivity contribution in [3.63, 3.8) is 0 Å². The second kappa shape index (κ2) is 4.30. The Morgan fingerprint density at radius 1 is 1.50 bits per heavy atom. The Hall–Kier alpha value is -0.570. The van der Waals surface area contributed by atoms with Crippen LogP contribution in [0, 0.1) is 5.92 Å². The first-order valence-electron chi connectivity index (χ1n) is 5.14. The molecule has 1 aromatic heterocycles. The zero-order valence-corrected chi connectivity index (χ0v) is 9.92. The van der Waals surface area contributed by atoms with E-state index in [1.807, 2.05) is 18.3 Å². The third kappa shape index (κ3) is 2.27. The Kier molecular flexibility index (Phi) is 3.06. The molecule has 1 aliphatic carbocycles. The van der Waals surface area contributed by atoms with Crippen LogP contribution < -0.4 is 5.32 Å². The molecule has 0 aromatic carbocycles. The van der Waals surface area contributed by atoms with Crippen LogP contribution in [-0.2, 0) is 0 Å². The molecule has 14 heavy (non-hydrogen) atoms. The van der Waals surface area contributed by atoms with Crippen molar-refractivity contribution >= 4 is 21.7 Å². The number of anilines is 1. The molecule has 0 aliphatic heterocycles. The highest BCUT2D eigenvalue weighted by Crippen LogP contribution is 2.30. The highest BCUT2D eigenvalue weighted by molar-refractivity contribution is 9.10. The Labute approximate surface area is 93.3 Å². The molecule has 2 nitrogen and oxygen atoms in total. The summed E-state index contributed by atoms with van der Waals surface area (Å²) in [5.41, 5.74) is 0. The molecule has 0 radical (unpaired) electrons. The van der Waals surface area contributed by atoms with Gasteiger partial charge in [0.2, 0.25) is 0 Å². The summed E-state index contributed by atoms with van der Waals surface area (Å²) >= 11 is 3.38. The molecule has 1 atom stereocenters. The van der Waals surface area contributed by atoms with E-state index in [1.54, 1.807) is 0 Å². The molecule has 1 heterocycles. The van der Waals surface area contributed by atoms with Gasteiger partial charge < -0.3 is 5.32 Å². The summed E-state index contributed by atoms with van der Waals surface area (Å²) < 4.78 is 1.03. The molecule has 0 amide bonds. The van der Waals surface area contributed by atoms with Crippen LogP contribution in [0.3, 0.4) is 0 Å². The monoisotopic (exact) mass is 254 g/mol. The average Bonchev–Trinajstić information content (AvgIpc) is 2.06. The number of aromatic nitrogens is 1. The van der Waals surface area contributed by atoms with Crippen LogP contribution in [0.25, 0.3) is 0 Å². The molecule has 1 fully saturated rings. The van der Waals surface area contributed by atoms with Gasteiger partial charge in [-0.15, -0.1) is 0 Å². The van der Waals surface area contributed by atoms with E-state index in [0.717, 1.165) is 16.2 Å². The maximum absolute atomic E-state index is 4.30. The normalized spacial score (nSPS) is 18.7. The van der Waals surface area contributed by atoms with Crippen LogP contribution in [0.2, 0.25) is 0 Å². The van der Waals surface area contributed by atoms with Crippen molar-refractivity contribution in [2.24, 2.45) is 5.92 Å². The van der Waals surface area contributed by atoms with Crippen LogP contribution in [-0.4, -0.2) is 11.0 Å². The molecule has 1 aliphatic rings. The molecule has 0 unspecified atom stereocenters. The van der Waals surface area contributed by atoms with Crippen molar-refractivity contribution < 1.29 is 0 Å². The van der Waals surface area contributed by atoms with Crippen LogP contribution in [0.4, 0.5) is 5.82 Å². The number of pyridine rings is 1. The van der Waals surface area contributed by atoms with Gasteiger partial charge in [-0.05, 0) is 53.7 Å². The minimum atomic E-state index is 0.553. The van der Waals surface area contributed by atoms with E-state index in [1.165, 1.54) is 19.3 Å². The van der Waals surface area contributed by atoms with Crippen molar-refractivity contribution in [2.75, 3.05) is 5.32 Å². The molecule has 3 heteroatoms. The molecule has 2 rings (SSSR count). The second-order valence-corrected chi connectivity index (χ2v) is 4.90. The van der Waals surface area contributed by atoms with E-state index < -0.39 is 0 Å². The third-order valence-corrected chi connectivity index (χ3v) is 3.43. The first-order chi connectivity index (χ1) is 6.75. The topological polar surface area (TPSA) is 24.9 Å². The van der Waals surface area contributed by atoms with Gasteiger partial charge in [-0.2, -0.15) is 0 Å². The lowest BCUT2D eigenvalue weighted by molar-refractivity contribution is 0.285. The maximum Gasteiger partial charge on any atom is 0.126 e. The molecule has 76 valence electrons. The molecule has 0 bridgehead atoms. The number of halogens is 1. The van der Waals surface area contributed by atoms with Crippen LogP contribution in [0.5, 0.6) is 0 Å². The Balaban J connectivity index is 1.92. The van der Waals surface area contributed by atoms with Crippen molar-refractivity contribution in [3.05, 3.63) is 22.8 Å². The van der Waals surface area contributed by atoms with Gasteiger partial charge in [0, 0.05) is 16.7 Å². The van der Waals surface area contributed by atoms with Gasteiger partial charge in [0.05, 0.1) is 0 Å². The molecule has 1 saturated carbocycles. The van der Waals surface area contributed by atoms with Crippen LogP contribution >= 0.6 is 15.9 Å². The van der Waals surface area contributed by atoms with Gasteiger partial charge in [0.15, 0.2) is 0 Å². The molecule has 1 N–H and O–H groups in total. The Morgan fingerprint density at radius 2 is 2.29 bits per heavy atom. The van der Waals surface area contributed by atoms with Crippen molar-refractivity contribution in [3.8, 4) is 0 Å². The largest absolute Gasteiger partial charge is 0.367 e. The van der Waals surface area contributed by atoms with E-state index >= 15 is 0 Å². The quantitative estimate of drug-likeness (QED) is 0.894. The lowest BCUT2D eigenvalue weighted by Crippen LogP contribution is -2.31. The summed E-state index contributed by atoms with van der Waals surface area (Å²) in [5.74, 6) is 1.83.